The fourth-order valence-electron chi connectivity index (χ4n) is 3.95. The fourth-order valence-corrected chi connectivity index (χ4v) is 4.76. The molecule has 8 heteroatoms. The molecule has 1 aliphatic heterocycles. The van der Waals surface area contributed by atoms with Crippen molar-refractivity contribution >= 4 is 34.4 Å². The van der Waals surface area contributed by atoms with Crippen molar-refractivity contribution in [3.63, 3.8) is 0 Å². The van der Waals surface area contributed by atoms with E-state index in [1.807, 2.05) is 43.4 Å². The van der Waals surface area contributed by atoms with E-state index < -0.39 is 5.54 Å². The summed E-state index contributed by atoms with van der Waals surface area (Å²) < 4.78 is 0. The molecule has 1 amide bonds. The van der Waals surface area contributed by atoms with E-state index >= 15 is 0 Å². The standard InChI is InChI=1S/C23H25N5O2S/c1-16(29)23(24-2)9-13-28(14-10-23)20-6-4-3-5-18(20)26-21(30)19-15-31-22(27-19)17-7-11-25-12-8-17/h3-8,11-12,15,24H,9-10,13-14H2,1-2H3,(H,26,30). The van der Waals surface area contributed by atoms with Gasteiger partial charge in [-0.1, -0.05) is 12.1 Å². The predicted octanol–water partition coefficient (Wildman–Crippen LogP) is 3.60. The molecule has 1 fully saturated rings. The number of thiazole rings is 1. The topological polar surface area (TPSA) is 87.2 Å². The SMILES string of the molecule is CNC1(C(C)=O)CCN(c2ccccc2NC(=O)c2csc(-c3ccncc3)n2)CC1. The highest BCUT2D eigenvalue weighted by atomic mass is 32.1. The zero-order valence-electron chi connectivity index (χ0n) is 17.6. The number of carbonyl (C=O) groups excluding carboxylic acids is 2. The number of nitrogens with one attached hydrogen (secondary N) is 2. The molecule has 7 nitrogen and oxygen atoms in total. The number of hydrogen-bond donors (Lipinski definition) is 2. The van der Waals surface area contributed by atoms with Crippen molar-refractivity contribution in [2.45, 2.75) is 25.3 Å². The number of pyridine rings is 1. The van der Waals surface area contributed by atoms with Gasteiger partial charge in [-0.25, -0.2) is 4.98 Å². The van der Waals surface area contributed by atoms with Crippen LogP contribution in [0.2, 0.25) is 0 Å². The zero-order valence-corrected chi connectivity index (χ0v) is 18.4. The smallest absolute Gasteiger partial charge is 0.275 e. The van der Waals surface area contributed by atoms with E-state index in [0.29, 0.717) is 5.69 Å². The van der Waals surface area contributed by atoms with Gasteiger partial charge in [0.15, 0.2) is 0 Å². The Morgan fingerprint density at radius 2 is 1.81 bits per heavy atom. The van der Waals surface area contributed by atoms with Crippen LogP contribution < -0.4 is 15.5 Å². The molecule has 0 atom stereocenters. The second kappa shape index (κ2) is 8.95. The third-order valence-corrected chi connectivity index (χ3v) is 6.82. The van der Waals surface area contributed by atoms with Crippen LogP contribution in [0.4, 0.5) is 11.4 Å². The third-order valence-electron chi connectivity index (χ3n) is 5.93. The molecule has 1 saturated heterocycles. The van der Waals surface area contributed by atoms with Crippen LogP contribution in [0.25, 0.3) is 10.6 Å². The first-order chi connectivity index (χ1) is 15.0. The van der Waals surface area contributed by atoms with Crippen LogP contribution in [0, 0.1) is 0 Å². The molecule has 0 aliphatic carbocycles. The number of nitrogens with zero attached hydrogens (tertiary/aromatic N) is 3. The highest BCUT2D eigenvalue weighted by Crippen LogP contribution is 2.32. The number of rotatable bonds is 6. The lowest BCUT2D eigenvalue weighted by molar-refractivity contribution is -0.123. The number of likely N-dealkylation sites (N-methyl/N-ethyl adjacent to an activating group) is 1. The predicted molar refractivity (Wildman–Crippen MR) is 124 cm³/mol. The Kier molecular flexibility index (Phi) is 6.11. The second-order valence-electron chi connectivity index (χ2n) is 7.62. The number of piperidine rings is 1. The zero-order chi connectivity index (χ0) is 21.8. The molecule has 3 heterocycles. The molecule has 31 heavy (non-hydrogen) atoms. The number of Topliss-reactive ketones (excluding diaryl/α,β-unsaturated/α-hetero) is 1. The van der Waals surface area contributed by atoms with Crippen molar-refractivity contribution in [3.05, 3.63) is 59.9 Å². The Morgan fingerprint density at radius 3 is 2.48 bits per heavy atom. The minimum atomic E-state index is -0.460. The maximum Gasteiger partial charge on any atom is 0.275 e. The largest absolute Gasteiger partial charge is 0.370 e. The molecule has 2 aromatic heterocycles. The van der Waals surface area contributed by atoms with Gasteiger partial charge in [0.1, 0.15) is 16.5 Å². The molecule has 3 aromatic rings. The summed E-state index contributed by atoms with van der Waals surface area (Å²) in [6.07, 6.45) is 4.87. The average Bonchev–Trinajstić information content (AvgIpc) is 3.31. The van der Waals surface area contributed by atoms with Gasteiger partial charge in [0.2, 0.25) is 0 Å². The molecule has 0 saturated carbocycles. The van der Waals surface area contributed by atoms with Crippen LogP contribution in [-0.4, -0.2) is 47.3 Å². The lowest BCUT2D eigenvalue weighted by Crippen LogP contribution is -2.56. The van der Waals surface area contributed by atoms with Crippen LogP contribution in [-0.2, 0) is 4.79 Å². The molecule has 0 unspecified atom stereocenters. The van der Waals surface area contributed by atoms with Gasteiger partial charge in [0.25, 0.3) is 5.91 Å². The van der Waals surface area contributed by atoms with E-state index in [1.54, 1.807) is 24.7 Å². The van der Waals surface area contributed by atoms with Crippen LogP contribution in [0.3, 0.4) is 0 Å². The molecule has 1 aliphatic rings. The summed E-state index contributed by atoms with van der Waals surface area (Å²) in [5.41, 5.74) is 2.56. The van der Waals surface area contributed by atoms with Crippen molar-refractivity contribution < 1.29 is 9.59 Å². The van der Waals surface area contributed by atoms with Crippen LogP contribution >= 0.6 is 11.3 Å². The van der Waals surface area contributed by atoms with Crippen LogP contribution in [0.15, 0.2) is 54.2 Å². The molecule has 0 radical (unpaired) electrons. The summed E-state index contributed by atoms with van der Waals surface area (Å²) in [4.78, 5) is 35.7. The fraction of sp³-hybridized carbons (Fsp3) is 0.304. The Hall–Kier alpha value is -3.10. The Labute approximate surface area is 185 Å². The van der Waals surface area contributed by atoms with E-state index in [0.717, 1.165) is 47.9 Å². The number of hydrogen-bond acceptors (Lipinski definition) is 7. The Balaban J connectivity index is 1.49. The van der Waals surface area contributed by atoms with E-state index in [4.69, 9.17) is 0 Å². The number of para-hydroxylation sites is 2. The van der Waals surface area contributed by atoms with Gasteiger partial charge >= 0.3 is 0 Å². The first kappa shape index (κ1) is 21.1. The molecule has 4 rings (SSSR count). The van der Waals surface area contributed by atoms with Gasteiger partial charge in [-0.05, 0) is 51.1 Å². The van der Waals surface area contributed by atoms with Crippen LogP contribution in [0.1, 0.15) is 30.3 Å². The third kappa shape index (κ3) is 4.35. The number of amides is 1. The second-order valence-corrected chi connectivity index (χ2v) is 8.48. The monoisotopic (exact) mass is 435 g/mol. The van der Waals surface area contributed by atoms with E-state index in [2.05, 4.69) is 25.5 Å². The Morgan fingerprint density at radius 1 is 1.10 bits per heavy atom. The van der Waals surface area contributed by atoms with Crippen molar-refractivity contribution in [2.24, 2.45) is 0 Å². The number of ketones is 1. The van der Waals surface area contributed by atoms with E-state index in [9.17, 15) is 9.59 Å². The number of aromatic nitrogens is 2. The maximum absolute atomic E-state index is 12.9. The number of anilines is 2. The van der Waals surface area contributed by atoms with Gasteiger partial charge in [0.05, 0.1) is 16.9 Å². The molecule has 0 bridgehead atoms. The lowest BCUT2D eigenvalue weighted by atomic mass is 9.84. The van der Waals surface area contributed by atoms with Gasteiger partial charge in [-0.2, -0.15) is 0 Å². The molecule has 0 spiro atoms. The van der Waals surface area contributed by atoms with Gasteiger partial charge < -0.3 is 15.5 Å². The molecule has 1 aromatic carbocycles. The minimum absolute atomic E-state index is 0.171. The molecular weight excluding hydrogens is 410 g/mol. The van der Waals surface area contributed by atoms with Crippen LogP contribution in [0.5, 0.6) is 0 Å². The van der Waals surface area contributed by atoms with Crippen molar-refractivity contribution in [2.75, 3.05) is 30.4 Å². The summed E-state index contributed by atoms with van der Waals surface area (Å²) in [6.45, 7) is 3.11. The average molecular weight is 436 g/mol. The van der Waals surface area contributed by atoms with Gasteiger partial charge in [-0.3, -0.25) is 14.6 Å². The lowest BCUT2D eigenvalue weighted by Gasteiger charge is -2.41. The number of carbonyl (C=O) groups is 2. The first-order valence-electron chi connectivity index (χ1n) is 10.2. The number of benzene rings is 1. The van der Waals surface area contributed by atoms with Crippen molar-refractivity contribution in [1.29, 1.82) is 0 Å². The molecular formula is C23H25N5O2S. The maximum atomic E-state index is 12.9. The minimum Gasteiger partial charge on any atom is -0.370 e. The quantitative estimate of drug-likeness (QED) is 0.615. The van der Waals surface area contributed by atoms with Crippen molar-refractivity contribution in [3.8, 4) is 10.6 Å². The van der Waals surface area contributed by atoms with Crippen molar-refractivity contribution in [1.82, 2.24) is 15.3 Å². The highest BCUT2D eigenvalue weighted by Gasteiger charge is 2.37. The summed E-state index contributed by atoms with van der Waals surface area (Å²) in [6, 6.07) is 11.5. The molecule has 160 valence electrons. The van der Waals surface area contributed by atoms with Gasteiger partial charge in [-0.15, -0.1) is 11.3 Å². The molecule has 2 N–H and O–H groups in total. The van der Waals surface area contributed by atoms with Gasteiger partial charge in [0, 0.05) is 36.4 Å². The Bertz CT molecular complexity index is 1070. The summed E-state index contributed by atoms with van der Waals surface area (Å²) in [7, 11) is 1.85. The summed E-state index contributed by atoms with van der Waals surface area (Å²) in [5, 5.41) is 8.78. The summed E-state index contributed by atoms with van der Waals surface area (Å²) >= 11 is 1.43. The highest BCUT2D eigenvalue weighted by molar-refractivity contribution is 7.13. The summed E-state index contributed by atoms with van der Waals surface area (Å²) in [5.74, 6) is -0.0703. The van der Waals surface area contributed by atoms with E-state index in [1.165, 1.54) is 11.3 Å². The normalized spacial score (nSPS) is 15.5. The van der Waals surface area contributed by atoms with E-state index in [-0.39, 0.29) is 11.7 Å². The first-order valence-corrected chi connectivity index (χ1v) is 11.1.